The normalized spacial score (nSPS) is 17.1. The third kappa shape index (κ3) is 5.37. The van der Waals surface area contributed by atoms with Crippen molar-refractivity contribution in [3.63, 3.8) is 0 Å². The van der Waals surface area contributed by atoms with Crippen molar-refractivity contribution in [1.29, 1.82) is 0 Å². The molecule has 2 amide bonds. The Bertz CT molecular complexity index is 1210. The fraction of sp³-hybridized carbons (Fsp3) is 0.333. The van der Waals surface area contributed by atoms with Gasteiger partial charge in [0.1, 0.15) is 30.5 Å². The summed E-state index contributed by atoms with van der Waals surface area (Å²) in [4.78, 5) is 31.2. The number of carbonyl (C=O) groups is 2. The van der Waals surface area contributed by atoms with Gasteiger partial charge < -0.3 is 14.5 Å². The molecule has 0 saturated heterocycles. The highest BCUT2D eigenvalue weighted by atomic mass is 32.1. The van der Waals surface area contributed by atoms with Gasteiger partial charge in [0.15, 0.2) is 0 Å². The van der Waals surface area contributed by atoms with Crippen molar-refractivity contribution in [1.82, 2.24) is 9.80 Å². The zero-order chi connectivity index (χ0) is 24.4. The van der Waals surface area contributed by atoms with E-state index in [0.29, 0.717) is 24.8 Å². The van der Waals surface area contributed by atoms with Gasteiger partial charge in [-0.15, -0.1) is 11.3 Å². The molecule has 1 saturated carbocycles. The number of carbonyl (C=O) groups excluding carboxylic acids is 2. The summed E-state index contributed by atoms with van der Waals surface area (Å²) in [7, 11) is 0. The smallest absolute Gasteiger partial charge is 0.257 e. The second kappa shape index (κ2) is 10.2. The topological polar surface area (TPSA) is 49.9 Å². The maximum absolute atomic E-state index is 14.3. The van der Waals surface area contributed by atoms with E-state index in [9.17, 15) is 18.4 Å². The monoisotopic (exact) mass is 496 g/mol. The van der Waals surface area contributed by atoms with Crippen LogP contribution in [0, 0.1) is 17.6 Å². The van der Waals surface area contributed by atoms with Crippen LogP contribution < -0.4 is 4.74 Å². The molecule has 2 aromatic carbocycles. The van der Waals surface area contributed by atoms with Gasteiger partial charge in [0.25, 0.3) is 5.91 Å². The van der Waals surface area contributed by atoms with Gasteiger partial charge in [-0.3, -0.25) is 9.59 Å². The first-order valence-corrected chi connectivity index (χ1v) is 12.7. The SMILES string of the molecule is O=C(c1ccccc1F)N(CC(=O)N1CCc2sccc2C1COc1ccc(F)cc1)CC1CC1. The van der Waals surface area contributed by atoms with Crippen LogP contribution >= 0.6 is 11.3 Å². The molecular formula is C27H26F2N2O3S. The minimum absolute atomic E-state index is 0.0177. The number of fused-ring (bicyclic) bond motifs is 1. The van der Waals surface area contributed by atoms with Crippen molar-refractivity contribution >= 4 is 23.2 Å². The van der Waals surface area contributed by atoms with Crippen LogP contribution in [0.4, 0.5) is 8.78 Å². The van der Waals surface area contributed by atoms with Gasteiger partial charge >= 0.3 is 0 Å². The van der Waals surface area contributed by atoms with Crippen LogP contribution in [0.3, 0.4) is 0 Å². The molecule has 5 rings (SSSR count). The lowest BCUT2D eigenvalue weighted by molar-refractivity contribution is -0.135. The molecule has 0 N–H and O–H groups in total. The fourth-order valence-corrected chi connectivity index (χ4v) is 5.40. The first-order chi connectivity index (χ1) is 17.0. The number of nitrogens with zero attached hydrogens (tertiary/aromatic N) is 2. The van der Waals surface area contributed by atoms with Gasteiger partial charge in [-0.2, -0.15) is 0 Å². The number of ether oxygens (including phenoxy) is 1. The van der Waals surface area contributed by atoms with Gasteiger partial charge in [0.05, 0.1) is 11.6 Å². The van der Waals surface area contributed by atoms with E-state index in [4.69, 9.17) is 4.74 Å². The van der Waals surface area contributed by atoms with Crippen LogP contribution in [0.5, 0.6) is 5.75 Å². The molecule has 1 aliphatic heterocycles. The van der Waals surface area contributed by atoms with Crippen LogP contribution in [0.25, 0.3) is 0 Å². The lowest BCUT2D eigenvalue weighted by Crippen LogP contribution is -2.48. The lowest BCUT2D eigenvalue weighted by atomic mass is 10.00. The molecule has 3 aromatic rings. The maximum Gasteiger partial charge on any atom is 0.257 e. The molecule has 0 spiro atoms. The summed E-state index contributed by atoms with van der Waals surface area (Å²) < 4.78 is 33.5. The number of hydrogen-bond acceptors (Lipinski definition) is 4. The Morgan fingerprint density at radius 3 is 2.57 bits per heavy atom. The molecule has 2 aliphatic rings. The molecule has 2 heterocycles. The van der Waals surface area contributed by atoms with Crippen LogP contribution in [0.15, 0.2) is 60.0 Å². The molecule has 35 heavy (non-hydrogen) atoms. The molecule has 0 radical (unpaired) electrons. The number of thiophene rings is 1. The molecule has 1 fully saturated rings. The van der Waals surface area contributed by atoms with Crippen molar-refractivity contribution in [2.45, 2.75) is 25.3 Å². The molecule has 5 nitrogen and oxygen atoms in total. The molecule has 1 unspecified atom stereocenters. The Morgan fingerprint density at radius 1 is 1.06 bits per heavy atom. The first kappa shape index (κ1) is 23.5. The Morgan fingerprint density at radius 2 is 1.83 bits per heavy atom. The number of halogens is 2. The van der Waals surface area contributed by atoms with E-state index >= 15 is 0 Å². The maximum atomic E-state index is 14.3. The van der Waals surface area contributed by atoms with Crippen LogP contribution in [0.2, 0.25) is 0 Å². The van der Waals surface area contributed by atoms with E-state index < -0.39 is 11.7 Å². The zero-order valence-electron chi connectivity index (χ0n) is 19.2. The predicted molar refractivity (Wildman–Crippen MR) is 129 cm³/mol. The zero-order valence-corrected chi connectivity index (χ0v) is 20.0. The number of rotatable bonds is 8. The molecule has 0 bridgehead atoms. The lowest BCUT2D eigenvalue weighted by Gasteiger charge is -2.37. The van der Waals surface area contributed by atoms with Gasteiger partial charge in [-0.05, 0) is 78.6 Å². The third-order valence-electron chi connectivity index (χ3n) is 6.53. The van der Waals surface area contributed by atoms with E-state index in [2.05, 4.69) is 0 Å². The number of benzene rings is 2. The summed E-state index contributed by atoms with van der Waals surface area (Å²) in [6, 6.07) is 13.3. The van der Waals surface area contributed by atoms with E-state index in [1.807, 2.05) is 11.4 Å². The van der Waals surface area contributed by atoms with Crippen molar-refractivity contribution in [2.75, 3.05) is 26.2 Å². The summed E-state index contributed by atoms with van der Waals surface area (Å²) in [5.74, 6) is -0.720. The summed E-state index contributed by atoms with van der Waals surface area (Å²) in [5.41, 5.74) is 1.02. The standard InChI is InChI=1S/C27H26F2N2O3S/c28-19-7-9-20(10-8-19)34-17-24-22-12-14-35-25(22)11-13-31(24)26(32)16-30(15-18-5-6-18)27(33)21-3-1-2-4-23(21)29/h1-4,7-10,12,14,18,24H,5-6,11,13,15-17H2. The van der Waals surface area contributed by atoms with Crippen molar-refractivity contribution in [2.24, 2.45) is 5.92 Å². The van der Waals surface area contributed by atoms with Crippen molar-refractivity contribution < 1.29 is 23.1 Å². The minimum atomic E-state index is -0.586. The van der Waals surface area contributed by atoms with Crippen LogP contribution in [-0.2, 0) is 11.2 Å². The summed E-state index contributed by atoms with van der Waals surface area (Å²) >= 11 is 1.65. The summed E-state index contributed by atoms with van der Waals surface area (Å²) in [6.45, 7) is 1.04. The largest absolute Gasteiger partial charge is 0.491 e. The van der Waals surface area contributed by atoms with E-state index in [-0.39, 0.29) is 36.5 Å². The molecular weight excluding hydrogens is 470 g/mol. The number of amides is 2. The quantitative estimate of drug-likeness (QED) is 0.437. The summed E-state index contributed by atoms with van der Waals surface area (Å²) in [5, 5.41) is 2.00. The van der Waals surface area contributed by atoms with Gasteiger partial charge in [-0.25, -0.2) is 8.78 Å². The average Bonchev–Trinajstić information content (AvgIpc) is 3.55. The minimum Gasteiger partial charge on any atom is -0.491 e. The number of hydrogen-bond donors (Lipinski definition) is 0. The third-order valence-corrected chi connectivity index (χ3v) is 7.53. The van der Waals surface area contributed by atoms with E-state index in [1.54, 1.807) is 40.5 Å². The van der Waals surface area contributed by atoms with E-state index in [0.717, 1.165) is 24.8 Å². The first-order valence-electron chi connectivity index (χ1n) is 11.8. The molecule has 1 aliphatic carbocycles. The van der Waals surface area contributed by atoms with Crippen molar-refractivity contribution in [3.8, 4) is 5.75 Å². The Hall–Kier alpha value is -3.26. The van der Waals surface area contributed by atoms with Crippen LogP contribution in [-0.4, -0.2) is 47.9 Å². The Labute approximate surface area is 206 Å². The predicted octanol–water partition coefficient (Wildman–Crippen LogP) is 5.08. The molecule has 1 atom stereocenters. The highest BCUT2D eigenvalue weighted by molar-refractivity contribution is 7.10. The highest BCUT2D eigenvalue weighted by Crippen LogP contribution is 2.35. The van der Waals surface area contributed by atoms with Crippen LogP contribution in [0.1, 0.15) is 39.7 Å². The molecule has 1 aromatic heterocycles. The Kier molecular flexibility index (Phi) is 6.81. The van der Waals surface area contributed by atoms with Crippen molar-refractivity contribution in [3.05, 3.63) is 87.6 Å². The molecule has 182 valence electrons. The van der Waals surface area contributed by atoms with Gasteiger partial charge in [0.2, 0.25) is 5.91 Å². The Balaban J connectivity index is 1.34. The van der Waals surface area contributed by atoms with Gasteiger partial charge in [0, 0.05) is 18.0 Å². The summed E-state index contributed by atoms with van der Waals surface area (Å²) in [6.07, 6.45) is 2.74. The molecule has 8 heteroatoms. The second-order valence-electron chi connectivity index (χ2n) is 9.03. The van der Waals surface area contributed by atoms with Gasteiger partial charge in [-0.1, -0.05) is 12.1 Å². The fourth-order valence-electron chi connectivity index (χ4n) is 4.47. The highest BCUT2D eigenvalue weighted by Gasteiger charge is 2.35. The van der Waals surface area contributed by atoms with E-state index in [1.165, 1.54) is 34.0 Å². The second-order valence-corrected chi connectivity index (χ2v) is 10.0. The average molecular weight is 497 g/mol.